The number of ether oxygens (including phenoxy) is 2. The molecule has 2 aliphatic rings. The molecule has 4 rings (SSSR count). The van der Waals surface area contributed by atoms with Crippen LogP contribution in [0.3, 0.4) is 0 Å². The fraction of sp³-hybridized carbons (Fsp3) is 0.150. The predicted molar refractivity (Wildman–Crippen MR) is 86.8 cm³/mol. The standard InChI is InChI=1S/C20H16O3/c21-20-16-9-5-4-8-15(16)11-18(20)17(19-12-22-13-23-19)10-14-6-2-1-3-7-14/h1-9,12H,10-11,13H2. The van der Waals surface area contributed by atoms with E-state index in [4.69, 9.17) is 9.47 Å². The topological polar surface area (TPSA) is 35.5 Å². The fourth-order valence-electron chi connectivity index (χ4n) is 3.11. The zero-order valence-electron chi connectivity index (χ0n) is 12.6. The molecule has 2 aromatic carbocycles. The highest BCUT2D eigenvalue weighted by Crippen LogP contribution is 2.33. The lowest BCUT2D eigenvalue weighted by atomic mass is 9.96. The SMILES string of the molecule is O=C1C(=C(Cc2ccccc2)C2=COCO2)Cc2ccccc21. The molecule has 0 unspecified atom stereocenters. The van der Waals surface area contributed by atoms with Crippen molar-refractivity contribution in [1.82, 2.24) is 0 Å². The van der Waals surface area contributed by atoms with Gasteiger partial charge in [0.1, 0.15) is 6.26 Å². The second-order valence-corrected chi connectivity index (χ2v) is 5.69. The van der Waals surface area contributed by atoms with Crippen molar-refractivity contribution in [2.75, 3.05) is 6.79 Å². The molecule has 1 heterocycles. The summed E-state index contributed by atoms with van der Waals surface area (Å²) in [7, 11) is 0. The molecule has 1 aliphatic carbocycles. The first-order chi connectivity index (χ1) is 11.3. The zero-order chi connectivity index (χ0) is 15.6. The van der Waals surface area contributed by atoms with E-state index >= 15 is 0 Å². The van der Waals surface area contributed by atoms with Gasteiger partial charge >= 0.3 is 0 Å². The van der Waals surface area contributed by atoms with E-state index in [1.54, 1.807) is 6.26 Å². The number of rotatable bonds is 3. The number of carbonyl (C=O) groups is 1. The van der Waals surface area contributed by atoms with Crippen molar-refractivity contribution in [2.45, 2.75) is 12.8 Å². The minimum absolute atomic E-state index is 0.0999. The summed E-state index contributed by atoms with van der Waals surface area (Å²) in [5.41, 5.74) is 4.77. The van der Waals surface area contributed by atoms with Crippen LogP contribution in [0.5, 0.6) is 0 Å². The Labute approximate surface area is 134 Å². The molecule has 0 bridgehead atoms. The molecule has 1 aliphatic heterocycles. The number of hydrogen-bond acceptors (Lipinski definition) is 3. The van der Waals surface area contributed by atoms with Crippen LogP contribution in [-0.2, 0) is 22.3 Å². The average Bonchev–Trinajstić information content (AvgIpc) is 3.23. The molecule has 0 spiro atoms. The van der Waals surface area contributed by atoms with E-state index in [0.29, 0.717) is 18.6 Å². The molecule has 2 aromatic rings. The summed E-state index contributed by atoms with van der Waals surface area (Å²) < 4.78 is 10.8. The quantitative estimate of drug-likeness (QED) is 0.809. The molecule has 23 heavy (non-hydrogen) atoms. The maximum absolute atomic E-state index is 12.8. The van der Waals surface area contributed by atoms with Crippen molar-refractivity contribution >= 4 is 5.78 Å². The van der Waals surface area contributed by atoms with Crippen molar-refractivity contribution in [3.63, 3.8) is 0 Å². The highest BCUT2D eigenvalue weighted by Gasteiger charge is 2.29. The van der Waals surface area contributed by atoms with Gasteiger partial charge in [-0.15, -0.1) is 0 Å². The third-order valence-electron chi connectivity index (χ3n) is 4.26. The highest BCUT2D eigenvalue weighted by molar-refractivity contribution is 6.13. The van der Waals surface area contributed by atoms with Crippen molar-refractivity contribution in [1.29, 1.82) is 0 Å². The zero-order valence-corrected chi connectivity index (χ0v) is 12.6. The van der Waals surface area contributed by atoms with E-state index in [2.05, 4.69) is 12.1 Å². The Kier molecular flexibility index (Phi) is 3.46. The number of allylic oxidation sites excluding steroid dienone is 2. The monoisotopic (exact) mass is 304 g/mol. The first-order valence-corrected chi connectivity index (χ1v) is 7.66. The maximum atomic E-state index is 12.8. The third kappa shape index (κ3) is 2.55. The Hall–Kier alpha value is -2.81. The number of benzene rings is 2. The molecule has 0 N–H and O–H groups in total. The summed E-state index contributed by atoms with van der Waals surface area (Å²) in [6, 6.07) is 17.9. The Bertz CT molecular complexity index is 816. The van der Waals surface area contributed by atoms with E-state index in [1.807, 2.05) is 42.5 Å². The van der Waals surface area contributed by atoms with Crippen LogP contribution in [0, 0.1) is 0 Å². The number of hydrogen-bond donors (Lipinski definition) is 0. The second-order valence-electron chi connectivity index (χ2n) is 5.69. The average molecular weight is 304 g/mol. The van der Waals surface area contributed by atoms with Gasteiger partial charge in [-0.1, -0.05) is 54.6 Å². The largest absolute Gasteiger partial charge is 0.461 e. The molecule has 3 heteroatoms. The van der Waals surface area contributed by atoms with Crippen molar-refractivity contribution < 1.29 is 14.3 Å². The molecule has 0 aromatic heterocycles. The molecule has 3 nitrogen and oxygen atoms in total. The molecule has 0 atom stereocenters. The lowest BCUT2D eigenvalue weighted by molar-refractivity contribution is 0.0825. The van der Waals surface area contributed by atoms with E-state index in [-0.39, 0.29) is 12.6 Å². The van der Waals surface area contributed by atoms with Crippen LogP contribution in [0.2, 0.25) is 0 Å². The van der Waals surface area contributed by atoms with Crippen LogP contribution in [-0.4, -0.2) is 12.6 Å². The van der Waals surface area contributed by atoms with Crippen LogP contribution >= 0.6 is 0 Å². The number of Topliss-reactive ketones (excluding diaryl/α,β-unsaturated/α-hetero) is 1. The molecule has 0 saturated carbocycles. The summed E-state index contributed by atoms with van der Waals surface area (Å²) in [4.78, 5) is 12.8. The molecule has 114 valence electrons. The van der Waals surface area contributed by atoms with E-state index < -0.39 is 0 Å². The van der Waals surface area contributed by atoms with Crippen LogP contribution in [0.4, 0.5) is 0 Å². The highest BCUT2D eigenvalue weighted by atomic mass is 16.7. The molecule has 0 amide bonds. The van der Waals surface area contributed by atoms with Crippen LogP contribution in [0.1, 0.15) is 21.5 Å². The van der Waals surface area contributed by atoms with Gasteiger partial charge in [0.2, 0.25) is 6.79 Å². The van der Waals surface area contributed by atoms with Gasteiger partial charge in [-0.3, -0.25) is 4.79 Å². The smallest absolute Gasteiger partial charge is 0.230 e. The number of fused-ring (bicyclic) bond motifs is 1. The molecular formula is C20H16O3. The lowest BCUT2D eigenvalue weighted by Gasteiger charge is -2.11. The van der Waals surface area contributed by atoms with Gasteiger partial charge in [-0.2, -0.15) is 0 Å². The molecule has 0 saturated heterocycles. The van der Waals surface area contributed by atoms with E-state index in [9.17, 15) is 4.79 Å². The Morgan fingerprint density at radius 3 is 2.52 bits per heavy atom. The summed E-state index contributed by atoms with van der Waals surface area (Å²) in [5, 5.41) is 0. The van der Waals surface area contributed by atoms with Gasteiger partial charge in [0.15, 0.2) is 11.5 Å². The van der Waals surface area contributed by atoms with Gasteiger partial charge in [0, 0.05) is 29.6 Å². The van der Waals surface area contributed by atoms with Crippen molar-refractivity contribution in [2.24, 2.45) is 0 Å². The number of ketones is 1. The van der Waals surface area contributed by atoms with Gasteiger partial charge in [-0.25, -0.2) is 0 Å². The van der Waals surface area contributed by atoms with Crippen LogP contribution in [0.15, 0.2) is 77.8 Å². The van der Waals surface area contributed by atoms with E-state index in [1.165, 1.54) is 0 Å². The molecule has 0 fully saturated rings. The van der Waals surface area contributed by atoms with Gasteiger partial charge in [0.25, 0.3) is 0 Å². The lowest BCUT2D eigenvalue weighted by Crippen LogP contribution is -2.06. The summed E-state index contributed by atoms with van der Waals surface area (Å²) in [5.74, 6) is 0.771. The molecular weight excluding hydrogens is 288 g/mol. The second kappa shape index (κ2) is 5.76. The van der Waals surface area contributed by atoms with Crippen LogP contribution < -0.4 is 0 Å². The van der Waals surface area contributed by atoms with Gasteiger partial charge in [-0.05, 0) is 11.1 Å². The minimum Gasteiger partial charge on any atom is -0.461 e. The van der Waals surface area contributed by atoms with Crippen molar-refractivity contribution in [3.05, 3.63) is 94.5 Å². The summed E-state index contributed by atoms with van der Waals surface area (Å²) in [6.07, 6.45) is 2.92. The van der Waals surface area contributed by atoms with Crippen molar-refractivity contribution in [3.8, 4) is 0 Å². The Balaban J connectivity index is 1.78. The third-order valence-corrected chi connectivity index (χ3v) is 4.26. The Morgan fingerprint density at radius 2 is 1.78 bits per heavy atom. The summed E-state index contributed by atoms with van der Waals surface area (Å²) >= 11 is 0. The predicted octanol–water partition coefficient (Wildman–Crippen LogP) is 3.81. The summed E-state index contributed by atoms with van der Waals surface area (Å²) in [6.45, 7) is 0.210. The minimum atomic E-state index is 0.0999. The number of carbonyl (C=O) groups excluding carboxylic acids is 1. The Morgan fingerprint density at radius 1 is 1.00 bits per heavy atom. The molecule has 0 radical (unpaired) electrons. The maximum Gasteiger partial charge on any atom is 0.230 e. The van der Waals surface area contributed by atoms with Crippen LogP contribution in [0.25, 0.3) is 0 Å². The first kappa shape index (κ1) is 13.8. The normalized spacial score (nSPS) is 18.1. The van der Waals surface area contributed by atoms with Gasteiger partial charge in [0.05, 0.1) is 0 Å². The van der Waals surface area contributed by atoms with E-state index in [0.717, 1.165) is 27.8 Å². The van der Waals surface area contributed by atoms with Gasteiger partial charge < -0.3 is 9.47 Å². The fourth-order valence-corrected chi connectivity index (χ4v) is 3.11. The first-order valence-electron chi connectivity index (χ1n) is 7.66.